The molecular formula is C37H44N6. The topological polar surface area (TPSA) is 103 Å². The van der Waals surface area contributed by atoms with Crippen molar-refractivity contribution in [1.82, 2.24) is 20.3 Å². The SMILES string of the molecule is C=C[C@H](C)/C=C(\C=C(/C)CNCC1CCCC1)c1cnc(N)c(C(=N)c2cc3c([nH]2)CC(C)=CC=C3c2ccccn2)c1. The quantitative estimate of drug-likeness (QED) is 0.108. The third-order valence-corrected chi connectivity index (χ3v) is 8.44. The molecule has 0 saturated heterocycles. The van der Waals surface area contributed by atoms with E-state index in [2.05, 4.69) is 71.9 Å². The molecule has 1 saturated carbocycles. The number of fused-ring (bicyclic) bond motifs is 1. The zero-order chi connectivity index (χ0) is 30.3. The summed E-state index contributed by atoms with van der Waals surface area (Å²) in [6.45, 7) is 12.3. The fourth-order valence-corrected chi connectivity index (χ4v) is 5.97. The van der Waals surface area contributed by atoms with E-state index in [1.807, 2.05) is 48.8 Å². The molecule has 0 unspecified atom stereocenters. The van der Waals surface area contributed by atoms with E-state index in [1.165, 1.54) is 36.8 Å². The van der Waals surface area contributed by atoms with Crippen LogP contribution < -0.4 is 11.1 Å². The van der Waals surface area contributed by atoms with Gasteiger partial charge in [-0.05, 0) is 74.9 Å². The number of aromatic amines is 1. The van der Waals surface area contributed by atoms with Crippen LogP contribution in [0, 0.1) is 17.2 Å². The number of anilines is 1. The minimum Gasteiger partial charge on any atom is -0.383 e. The molecule has 3 aromatic heterocycles. The van der Waals surface area contributed by atoms with E-state index in [-0.39, 0.29) is 5.92 Å². The number of nitrogen functional groups attached to an aromatic ring is 1. The summed E-state index contributed by atoms with van der Waals surface area (Å²) in [6.07, 6.45) is 20.4. The van der Waals surface area contributed by atoms with Crippen molar-refractivity contribution in [1.29, 1.82) is 5.41 Å². The Morgan fingerprint density at radius 2 is 2.02 bits per heavy atom. The van der Waals surface area contributed by atoms with Gasteiger partial charge in [0.25, 0.3) is 0 Å². The number of pyridine rings is 2. The van der Waals surface area contributed by atoms with Gasteiger partial charge in [0, 0.05) is 53.3 Å². The van der Waals surface area contributed by atoms with Crippen LogP contribution in [0.1, 0.15) is 80.2 Å². The second kappa shape index (κ2) is 13.8. The van der Waals surface area contributed by atoms with Gasteiger partial charge in [0.2, 0.25) is 0 Å². The molecule has 5 N–H and O–H groups in total. The Bertz CT molecular complexity index is 1590. The third-order valence-electron chi connectivity index (χ3n) is 8.44. The molecule has 0 amide bonds. The molecule has 6 nitrogen and oxygen atoms in total. The molecule has 5 rings (SSSR count). The van der Waals surface area contributed by atoms with Crippen LogP contribution in [-0.2, 0) is 6.42 Å². The van der Waals surface area contributed by atoms with Gasteiger partial charge in [-0.15, -0.1) is 6.58 Å². The lowest BCUT2D eigenvalue weighted by Crippen LogP contribution is -2.22. The normalized spacial score (nSPS) is 16.7. The first-order valence-corrected chi connectivity index (χ1v) is 15.4. The van der Waals surface area contributed by atoms with Crippen molar-refractivity contribution in [2.75, 3.05) is 18.8 Å². The summed E-state index contributed by atoms with van der Waals surface area (Å²) in [5.41, 5.74) is 16.6. The number of hydrogen-bond acceptors (Lipinski definition) is 5. The van der Waals surface area contributed by atoms with E-state index >= 15 is 0 Å². The van der Waals surface area contributed by atoms with Crippen molar-refractivity contribution >= 4 is 22.7 Å². The number of allylic oxidation sites excluding steroid dienone is 7. The summed E-state index contributed by atoms with van der Waals surface area (Å²) in [4.78, 5) is 12.7. The fourth-order valence-electron chi connectivity index (χ4n) is 5.97. The minimum atomic E-state index is 0.179. The van der Waals surface area contributed by atoms with Crippen molar-refractivity contribution in [3.05, 3.63) is 125 Å². The van der Waals surface area contributed by atoms with Gasteiger partial charge in [-0.1, -0.05) is 67.4 Å². The predicted octanol–water partition coefficient (Wildman–Crippen LogP) is 7.67. The number of hydrogen-bond donors (Lipinski definition) is 4. The molecule has 2 aliphatic carbocycles. The zero-order valence-electron chi connectivity index (χ0n) is 25.7. The van der Waals surface area contributed by atoms with Gasteiger partial charge in [-0.25, -0.2) is 4.98 Å². The summed E-state index contributed by atoms with van der Waals surface area (Å²) in [7, 11) is 0. The van der Waals surface area contributed by atoms with Crippen molar-refractivity contribution in [2.24, 2.45) is 11.8 Å². The van der Waals surface area contributed by atoms with Crippen LogP contribution >= 0.6 is 0 Å². The second-order valence-corrected chi connectivity index (χ2v) is 12.1. The van der Waals surface area contributed by atoms with E-state index in [9.17, 15) is 5.41 Å². The van der Waals surface area contributed by atoms with Gasteiger partial charge in [-0.3, -0.25) is 10.4 Å². The number of aromatic nitrogens is 3. The molecule has 222 valence electrons. The highest BCUT2D eigenvalue weighted by Gasteiger charge is 2.21. The Kier molecular flexibility index (Phi) is 9.68. The third kappa shape index (κ3) is 7.38. The van der Waals surface area contributed by atoms with Gasteiger partial charge >= 0.3 is 0 Å². The van der Waals surface area contributed by atoms with Gasteiger partial charge in [0.1, 0.15) is 5.82 Å². The van der Waals surface area contributed by atoms with E-state index < -0.39 is 0 Å². The van der Waals surface area contributed by atoms with Crippen molar-refractivity contribution in [3.63, 3.8) is 0 Å². The van der Waals surface area contributed by atoms with Crippen LogP contribution in [0.15, 0.2) is 90.8 Å². The highest BCUT2D eigenvalue weighted by atomic mass is 14.9. The lowest BCUT2D eigenvalue weighted by Gasteiger charge is -2.13. The smallest absolute Gasteiger partial charge is 0.132 e. The number of nitrogens with two attached hydrogens (primary N) is 1. The van der Waals surface area contributed by atoms with E-state index in [0.29, 0.717) is 22.8 Å². The van der Waals surface area contributed by atoms with Crippen LogP contribution in [0.4, 0.5) is 5.82 Å². The van der Waals surface area contributed by atoms with E-state index in [1.54, 1.807) is 0 Å². The van der Waals surface area contributed by atoms with Gasteiger partial charge in [-0.2, -0.15) is 0 Å². The molecule has 1 atom stereocenters. The predicted molar refractivity (Wildman–Crippen MR) is 180 cm³/mol. The molecule has 43 heavy (non-hydrogen) atoms. The lowest BCUT2D eigenvalue weighted by atomic mass is 9.96. The Morgan fingerprint density at radius 3 is 2.77 bits per heavy atom. The Labute approximate surface area is 256 Å². The second-order valence-electron chi connectivity index (χ2n) is 12.1. The fraction of sp³-hybridized carbons (Fsp3) is 0.324. The molecular weight excluding hydrogens is 528 g/mol. The average molecular weight is 573 g/mol. The zero-order valence-corrected chi connectivity index (χ0v) is 25.7. The van der Waals surface area contributed by atoms with Crippen molar-refractivity contribution in [2.45, 2.75) is 52.9 Å². The first-order chi connectivity index (χ1) is 20.8. The summed E-state index contributed by atoms with van der Waals surface area (Å²) in [5, 5.41) is 12.9. The van der Waals surface area contributed by atoms with Gasteiger partial charge in [0.05, 0.1) is 17.1 Å². The highest BCUT2D eigenvalue weighted by Crippen LogP contribution is 2.32. The highest BCUT2D eigenvalue weighted by molar-refractivity contribution is 6.13. The molecule has 3 aromatic rings. The summed E-state index contributed by atoms with van der Waals surface area (Å²) in [5.74, 6) is 1.32. The standard InChI is InChI=1S/C37H44N6/c1-5-24(2)16-28(17-26(4)21-40-22-27-10-6-7-11-27)29-19-32(37(39)42-23-29)36(38)35-20-31-30(33-12-8-9-15-41-33)14-13-25(3)18-34(31)43-35/h5,8-9,12-17,19-20,23-24,27,38,40,43H,1,6-7,10-11,18,21-22H2,2-4H3,(H2,39,42)/b26-17+,28-16+,38-36?/t24-/m0/s1. The van der Waals surface area contributed by atoms with E-state index in [0.717, 1.165) is 59.1 Å². The number of rotatable bonds is 11. The maximum Gasteiger partial charge on any atom is 0.132 e. The number of nitrogens with zero attached hydrogens (tertiary/aromatic N) is 2. The monoisotopic (exact) mass is 572 g/mol. The summed E-state index contributed by atoms with van der Waals surface area (Å²) < 4.78 is 0. The van der Waals surface area contributed by atoms with Crippen LogP contribution in [0.2, 0.25) is 0 Å². The molecule has 0 spiro atoms. The molecule has 2 aliphatic rings. The van der Waals surface area contributed by atoms with Crippen molar-refractivity contribution in [3.8, 4) is 0 Å². The molecule has 0 bridgehead atoms. The van der Waals surface area contributed by atoms with Crippen LogP contribution in [-0.4, -0.2) is 33.8 Å². The summed E-state index contributed by atoms with van der Waals surface area (Å²) >= 11 is 0. The Morgan fingerprint density at radius 1 is 1.21 bits per heavy atom. The summed E-state index contributed by atoms with van der Waals surface area (Å²) in [6, 6.07) is 9.98. The molecule has 3 heterocycles. The first-order valence-electron chi connectivity index (χ1n) is 15.4. The maximum atomic E-state index is 9.24. The largest absolute Gasteiger partial charge is 0.383 e. The number of nitrogens with one attached hydrogen (secondary N) is 3. The van der Waals surface area contributed by atoms with Gasteiger partial charge < -0.3 is 16.0 Å². The van der Waals surface area contributed by atoms with Crippen molar-refractivity contribution < 1.29 is 0 Å². The molecule has 0 aromatic carbocycles. The first kappa shape index (κ1) is 30.2. The average Bonchev–Trinajstić information content (AvgIpc) is 3.65. The van der Waals surface area contributed by atoms with Crippen LogP contribution in [0.3, 0.4) is 0 Å². The maximum absolute atomic E-state index is 9.24. The van der Waals surface area contributed by atoms with Crippen LogP contribution in [0.5, 0.6) is 0 Å². The Balaban J connectivity index is 1.44. The molecule has 1 fully saturated rings. The number of H-pyrrole nitrogens is 1. The molecule has 6 heteroatoms. The van der Waals surface area contributed by atoms with Gasteiger partial charge in [0.15, 0.2) is 0 Å². The minimum absolute atomic E-state index is 0.179. The molecule has 0 aliphatic heterocycles. The van der Waals surface area contributed by atoms with E-state index in [4.69, 9.17) is 5.73 Å². The van der Waals surface area contributed by atoms with Crippen LogP contribution in [0.25, 0.3) is 11.1 Å². The molecule has 0 radical (unpaired) electrons. The lowest BCUT2D eigenvalue weighted by molar-refractivity contribution is 0.502. The Hall–Kier alpha value is -4.29.